The number of pyridine rings is 1. The molecule has 3 aromatic rings. The van der Waals surface area contributed by atoms with E-state index in [1.165, 1.54) is 16.4 Å². The van der Waals surface area contributed by atoms with Crippen LogP contribution in [0.25, 0.3) is 0 Å². The first-order valence-electron chi connectivity index (χ1n) is 9.89. The van der Waals surface area contributed by atoms with Crippen molar-refractivity contribution in [2.45, 2.75) is 30.7 Å². The van der Waals surface area contributed by atoms with Crippen LogP contribution in [-0.4, -0.2) is 25.9 Å². The minimum absolute atomic E-state index is 0.175. The normalized spacial score (nSPS) is 14.6. The zero-order valence-corrected chi connectivity index (χ0v) is 17.5. The number of carbonyl (C=O) groups excluding carboxylic acids is 1. The van der Waals surface area contributed by atoms with Gasteiger partial charge in [0.2, 0.25) is 0 Å². The summed E-state index contributed by atoms with van der Waals surface area (Å²) in [5.41, 5.74) is 2.92. The Morgan fingerprint density at radius 3 is 2.50 bits per heavy atom. The minimum Gasteiger partial charge on any atom is -0.344 e. The third kappa shape index (κ3) is 3.93. The number of rotatable bonds is 5. The van der Waals surface area contributed by atoms with Crippen LogP contribution in [0.15, 0.2) is 77.8 Å². The number of aryl methyl sites for hydroxylation is 1. The zero-order valence-electron chi connectivity index (χ0n) is 16.7. The van der Waals surface area contributed by atoms with E-state index in [2.05, 4.69) is 10.3 Å². The number of para-hydroxylation sites is 1. The third-order valence-corrected chi connectivity index (χ3v) is 7.08. The molecule has 154 valence electrons. The molecule has 6 nitrogen and oxygen atoms in total. The van der Waals surface area contributed by atoms with Crippen molar-refractivity contribution < 1.29 is 13.2 Å². The van der Waals surface area contributed by atoms with Gasteiger partial charge >= 0.3 is 0 Å². The number of carbonyl (C=O) groups is 1. The van der Waals surface area contributed by atoms with Crippen LogP contribution in [0, 0.1) is 0 Å². The molecule has 0 radical (unpaired) electrons. The highest BCUT2D eigenvalue weighted by Crippen LogP contribution is 2.31. The molecule has 1 aliphatic rings. The lowest BCUT2D eigenvalue weighted by Crippen LogP contribution is -2.35. The van der Waals surface area contributed by atoms with Crippen LogP contribution in [0.3, 0.4) is 0 Å². The van der Waals surface area contributed by atoms with Crippen molar-refractivity contribution in [3.8, 4) is 0 Å². The topological polar surface area (TPSA) is 79.4 Å². The van der Waals surface area contributed by atoms with Gasteiger partial charge in [-0.15, -0.1) is 0 Å². The molecule has 0 fully saturated rings. The molecule has 2 heterocycles. The highest BCUT2D eigenvalue weighted by molar-refractivity contribution is 7.92. The van der Waals surface area contributed by atoms with Gasteiger partial charge in [0.05, 0.1) is 22.3 Å². The van der Waals surface area contributed by atoms with E-state index in [-0.39, 0.29) is 16.8 Å². The summed E-state index contributed by atoms with van der Waals surface area (Å²) in [6, 6.07) is 18.9. The van der Waals surface area contributed by atoms with Crippen LogP contribution >= 0.6 is 0 Å². The van der Waals surface area contributed by atoms with E-state index in [4.69, 9.17) is 0 Å². The molecule has 1 amide bonds. The Morgan fingerprint density at radius 2 is 1.77 bits per heavy atom. The second kappa shape index (κ2) is 8.28. The molecule has 0 saturated heterocycles. The molecular formula is C23H23N3O3S. The molecule has 1 aliphatic heterocycles. The standard InChI is InChI=1S/C23H23N3O3S/c1-17(21-9-4-5-15-24-21)25-23(27)19-11-13-20(14-12-19)30(28,29)26-16-6-8-18-7-2-3-10-22(18)26/h2-5,7,9-15,17H,6,8,16H2,1H3,(H,25,27)/t17-/m0/s1. The number of hydrogen-bond donors (Lipinski definition) is 1. The molecule has 7 heteroatoms. The van der Waals surface area contributed by atoms with Crippen LogP contribution in [-0.2, 0) is 16.4 Å². The first-order chi connectivity index (χ1) is 14.5. The molecular weight excluding hydrogens is 398 g/mol. The molecule has 4 rings (SSSR count). The Labute approximate surface area is 176 Å². The Bertz CT molecular complexity index is 1150. The number of aromatic nitrogens is 1. The monoisotopic (exact) mass is 421 g/mol. The predicted molar refractivity (Wildman–Crippen MR) is 116 cm³/mol. The van der Waals surface area contributed by atoms with Gasteiger partial charge in [0.1, 0.15) is 0 Å². The largest absolute Gasteiger partial charge is 0.344 e. The molecule has 2 aromatic carbocycles. The van der Waals surface area contributed by atoms with Crippen molar-refractivity contribution in [3.63, 3.8) is 0 Å². The average Bonchev–Trinajstić information content (AvgIpc) is 2.79. The van der Waals surface area contributed by atoms with Gasteiger partial charge < -0.3 is 5.32 Å². The summed E-state index contributed by atoms with van der Waals surface area (Å²) >= 11 is 0. The lowest BCUT2D eigenvalue weighted by Gasteiger charge is -2.30. The summed E-state index contributed by atoms with van der Waals surface area (Å²) < 4.78 is 27.9. The highest BCUT2D eigenvalue weighted by Gasteiger charge is 2.29. The number of hydrogen-bond acceptors (Lipinski definition) is 4. The Balaban J connectivity index is 1.53. The van der Waals surface area contributed by atoms with E-state index in [1.807, 2.05) is 49.4 Å². The van der Waals surface area contributed by atoms with Gasteiger partial charge in [0.15, 0.2) is 0 Å². The van der Waals surface area contributed by atoms with Crippen LogP contribution in [0.2, 0.25) is 0 Å². The van der Waals surface area contributed by atoms with Crippen molar-refractivity contribution in [1.29, 1.82) is 0 Å². The van der Waals surface area contributed by atoms with Gasteiger partial charge in [-0.1, -0.05) is 24.3 Å². The van der Waals surface area contributed by atoms with E-state index in [9.17, 15) is 13.2 Å². The van der Waals surface area contributed by atoms with E-state index in [0.717, 1.165) is 29.8 Å². The SMILES string of the molecule is C[C@H](NC(=O)c1ccc(S(=O)(=O)N2CCCc3ccccc32)cc1)c1ccccn1. The molecule has 1 aromatic heterocycles. The fourth-order valence-electron chi connectivity index (χ4n) is 3.64. The van der Waals surface area contributed by atoms with Crippen LogP contribution in [0.1, 0.15) is 41.0 Å². The molecule has 30 heavy (non-hydrogen) atoms. The summed E-state index contributed by atoms with van der Waals surface area (Å²) in [7, 11) is -3.69. The van der Waals surface area contributed by atoms with Gasteiger partial charge in [-0.05, 0) is 67.8 Å². The van der Waals surface area contributed by atoms with Crippen molar-refractivity contribution in [3.05, 3.63) is 89.7 Å². The number of nitrogens with zero attached hydrogens (tertiary/aromatic N) is 2. The summed E-state index contributed by atoms with van der Waals surface area (Å²) in [4.78, 5) is 17.0. The number of nitrogens with one attached hydrogen (secondary N) is 1. The van der Waals surface area contributed by atoms with Crippen molar-refractivity contribution in [2.24, 2.45) is 0 Å². The van der Waals surface area contributed by atoms with E-state index < -0.39 is 10.0 Å². The van der Waals surface area contributed by atoms with Crippen LogP contribution in [0.4, 0.5) is 5.69 Å². The predicted octanol–water partition coefficient (Wildman–Crippen LogP) is 3.71. The Morgan fingerprint density at radius 1 is 1.03 bits per heavy atom. The second-order valence-electron chi connectivity index (χ2n) is 7.28. The number of amides is 1. The third-order valence-electron chi connectivity index (χ3n) is 5.25. The molecule has 0 aliphatic carbocycles. The van der Waals surface area contributed by atoms with Gasteiger partial charge in [-0.3, -0.25) is 14.1 Å². The second-order valence-corrected chi connectivity index (χ2v) is 9.15. The molecule has 0 spiro atoms. The van der Waals surface area contributed by atoms with Crippen molar-refractivity contribution in [2.75, 3.05) is 10.8 Å². The summed E-state index contributed by atoms with van der Waals surface area (Å²) in [6.45, 7) is 2.30. The lowest BCUT2D eigenvalue weighted by molar-refractivity contribution is 0.0939. The smallest absolute Gasteiger partial charge is 0.264 e. The van der Waals surface area contributed by atoms with Gasteiger partial charge in [-0.25, -0.2) is 8.42 Å². The highest BCUT2D eigenvalue weighted by atomic mass is 32.2. The molecule has 0 saturated carbocycles. The van der Waals surface area contributed by atoms with Gasteiger partial charge in [0.25, 0.3) is 15.9 Å². The van der Waals surface area contributed by atoms with E-state index in [1.54, 1.807) is 18.3 Å². The molecule has 1 N–H and O–H groups in total. The van der Waals surface area contributed by atoms with Crippen molar-refractivity contribution in [1.82, 2.24) is 10.3 Å². The van der Waals surface area contributed by atoms with Crippen LogP contribution < -0.4 is 9.62 Å². The first kappa shape index (κ1) is 20.1. The number of fused-ring (bicyclic) bond motifs is 1. The maximum Gasteiger partial charge on any atom is 0.264 e. The molecule has 0 unspecified atom stereocenters. The Hall–Kier alpha value is -3.19. The van der Waals surface area contributed by atoms with Crippen LogP contribution in [0.5, 0.6) is 0 Å². The average molecular weight is 422 g/mol. The zero-order chi connectivity index (χ0) is 21.1. The van der Waals surface area contributed by atoms with E-state index >= 15 is 0 Å². The lowest BCUT2D eigenvalue weighted by atomic mass is 10.0. The summed E-state index contributed by atoms with van der Waals surface area (Å²) in [5, 5.41) is 2.89. The molecule has 1 atom stereocenters. The number of sulfonamides is 1. The van der Waals surface area contributed by atoms with Gasteiger partial charge in [0, 0.05) is 18.3 Å². The summed E-state index contributed by atoms with van der Waals surface area (Å²) in [6.07, 6.45) is 3.33. The van der Waals surface area contributed by atoms with Gasteiger partial charge in [-0.2, -0.15) is 0 Å². The van der Waals surface area contributed by atoms with E-state index in [0.29, 0.717) is 12.1 Å². The Kier molecular flexibility index (Phi) is 5.55. The minimum atomic E-state index is -3.69. The quantitative estimate of drug-likeness (QED) is 0.681. The fraction of sp³-hybridized carbons (Fsp3) is 0.217. The maximum atomic E-state index is 13.2. The number of benzene rings is 2. The summed E-state index contributed by atoms with van der Waals surface area (Å²) in [5.74, 6) is -0.277. The maximum absolute atomic E-state index is 13.2. The first-order valence-corrected chi connectivity index (χ1v) is 11.3. The van der Waals surface area contributed by atoms with Crippen molar-refractivity contribution >= 4 is 21.6 Å². The fourth-order valence-corrected chi connectivity index (χ4v) is 5.18. The molecule has 0 bridgehead atoms. The number of anilines is 1.